The summed E-state index contributed by atoms with van der Waals surface area (Å²) in [4.78, 5) is 5.89. The molecule has 1 N–H and O–H groups in total. The van der Waals surface area contributed by atoms with Gasteiger partial charge in [0.1, 0.15) is 0 Å². The van der Waals surface area contributed by atoms with Crippen molar-refractivity contribution in [3.8, 4) is 11.4 Å². The molecular formula is C16H21N3OS. The van der Waals surface area contributed by atoms with E-state index in [2.05, 4.69) is 46.6 Å². The largest absolute Gasteiger partial charge is 0.339 e. The van der Waals surface area contributed by atoms with E-state index < -0.39 is 0 Å². The highest BCUT2D eigenvalue weighted by Gasteiger charge is 2.31. The number of hydrogen-bond donors (Lipinski definition) is 1. The summed E-state index contributed by atoms with van der Waals surface area (Å²) in [5, 5.41) is 7.51. The second-order valence-electron chi connectivity index (χ2n) is 5.35. The van der Waals surface area contributed by atoms with Gasteiger partial charge in [0.15, 0.2) is 0 Å². The van der Waals surface area contributed by atoms with Gasteiger partial charge in [-0.05, 0) is 49.9 Å². The molecule has 112 valence electrons. The van der Waals surface area contributed by atoms with Crippen molar-refractivity contribution in [3.05, 3.63) is 30.2 Å². The fourth-order valence-corrected chi connectivity index (χ4v) is 3.63. The quantitative estimate of drug-likeness (QED) is 0.853. The second kappa shape index (κ2) is 6.62. The van der Waals surface area contributed by atoms with Gasteiger partial charge in [-0.1, -0.05) is 18.5 Å². The highest BCUT2D eigenvalue weighted by molar-refractivity contribution is 7.99. The third kappa shape index (κ3) is 3.14. The normalized spacial score (nSPS) is 21.8. The molecule has 1 heterocycles. The topological polar surface area (TPSA) is 51.0 Å². The average Bonchev–Trinajstić information content (AvgIpc) is 3.17. The third-order valence-corrected chi connectivity index (χ3v) is 4.96. The molecular weight excluding hydrogens is 282 g/mol. The van der Waals surface area contributed by atoms with Gasteiger partial charge >= 0.3 is 0 Å². The van der Waals surface area contributed by atoms with Crippen molar-refractivity contribution in [2.45, 2.75) is 43.0 Å². The van der Waals surface area contributed by atoms with Crippen LogP contribution in [0, 0.1) is 0 Å². The van der Waals surface area contributed by atoms with Crippen LogP contribution in [0.3, 0.4) is 0 Å². The van der Waals surface area contributed by atoms with Crippen LogP contribution in [0.4, 0.5) is 0 Å². The van der Waals surface area contributed by atoms with Gasteiger partial charge in [-0.15, -0.1) is 11.8 Å². The minimum Gasteiger partial charge on any atom is -0.339 e. The Morgan fingerprint density at radius 3 is 2.81 bits per heavy atom. The highest BCUT2D eigenvalue weighted by Crippen LogP contribution is 2.34. The molecule has 1 aromatic carbocycles. The molecule has 1 fully saturated rings. The van der Waals surface area contributed by atoms with Crippen LogP contribution in [0.2, 0.25) is 0 Å². The first-order valence-corrected chi connectivity index (χ1v) is 8.54. The van der Waals surface area contributed by atoms with Crippen LogP contribution in [-0.4, -0.2) is 29.0 Å². The number of thioether (sulfide) groups is 1. The van der Waals surface area contributed by atoms with Crippen LogP contribution in [0.1, 0.15) is 38.0 Å². The molecule has 1 aliphatic rings. The van der Waals surface area contributed by atoms with Gasteiger partial charge in [0, 0.05) is 16.5 Å². The van der Waals surface area contributed by atoms with Gasteiger partial charge in [-0.3, -0.25) is 0 Å². The number of hydrogen-bond acceptors (Lipinski definition) is 5. The number of nitrogens with zero attached hydrogens (tertiary/aromatic N) is 2. The first-order chi connectivity index (χ1) is 10.3. The van der Waals surface area contributed by atoms with Crippen molar-refractivity contribution >= 4 is 11.8 Å². The Labute approximate surface area is 129 Å². The smallest absolute Gasteiger partial charge is 0.231 e. The molecule has 2 atom stereocenters. The van der Waals surface area contributed by atoms with Crippen molar-refractivity contribution in [2.75, 3.05) is 12.8 Å². The van der Waals surface area contributed by atoms with Crippen molar-refractivity contribution in [1.82, 2.24) is 15.5 Å². The Kier molecular flexibility index (Phi) is 4.60. The maximum absolute atomic E-state index is 5.51. The molecule has 0 radical (unpaired) electrons. The molecule has 4 nitrogen and oxygen atoms in total. The van der Waals surface area contributed by atoms with Gasteiger partial charge in [-0.2, -0.15) is 4.98 Å². The number of rotatable bonds is 5. The third-order valence-electron chi connectivity index (χ3n) is 4.07. The van der Waals surface area contributed by atoms with Gasteiger partial charge in [0.05, 0.1) is 5.92 Å². The van der Waals surface area contributed by atoms with E-state index in [0.717, 1.165) is 23.6 Å². The first kappa shape index (κ1) is 14.6. The summed E-state index contributed by atoms with van der Waals surface area (Å²) in [7, 11) is 2.00. The minimum absolute atomic E-state index is 0.353. The summed E-state index contributed by atoms with van der Waals surface area (Å²) in [6, 6.07) is 8.83. The standard InChI is InChI=1S/C16H21N3OS/c1-3-21-12-9-7-11(8-10-12)15-18-16(20-19-15)13-5-4-6-14(13)17-2/h7-10,13-14,17H,3-6H2,1-2H3. The van der Waals surface area contributed by atoms with Crippen LogP contribution in [0.15, 0.2) is 33.7 Å². The SMILES string of the molecule is CCSc1ccc(-c2noc(C3CCCC3NC)n2)cc1. The molecule has 2 aromatic rings. The zero-order chi connectivity index (χ0) is 14.7. The molecule has 0 amide bonds. The van der Waals surface area contributed by atoms with Gasteiger partial charge in [0.2, 0.25) is 11.7 Å². The van der Waals surface area contributed by atoms with Crippen LogP contribution >= 0.6 is 11.8 Å². The number of aromatic nitrogens is 2. The van der Waals surface area contributed by atoms with E-state index in [1.807, 2.05) is 18.8 Å². The van der Waals surface area contributed by atoms with Crippen LogP contribution < -0.4 is 5.32 Å². The lowest BCUT2D eigenvalue weighted by Gasteiger charge is -2.14. The first-order valence-electron chi connectivity index (χ1n) is 7.56. The van der Waals surface area contributed by atoms with Gasteiger partial charge in [-0.25, -0.2) is 0 Å². The predicted octanol–water partition coefficient (Wildman–Crippen LogP) is 3.70. The van der Waals surface area contributed by atoms with E-state index in [4.69, 9.17) is 4.52 Å². The zero-order valence-corrected chi connectivity index (χ0v) is 13.3. The van der Waals surface area contributed by atoms with E-state index >= 15 is 0 Å². The monoisotopic (exact) mass is 303 g/mol. The number of likely N-dealkylation sites (N-methyl/N-ethyl adjacent to an activating group) is 1. The van der Waals surface area contributed by atoms with Gasteiger partial charge in [0.25, 0.3) is 0 Å². The fraction of sp³-hybridized carbons (Fsp3) is 0.500. The molecule has 0 bridgehead atoms. The van der Waals surface area contributed by atoms with E-state index in [1.165, 1.54) is 17.7 Å². The molecule has 1 saturated carbocycles. The maximum atomic E-state index is 5.51. The summed E-state index contributed by atoms with van der Waals surface area (Å²) < 4.78 is 5.51. The second-order valence-corrected chi connectivity index (χ2v) is 6.68. The molecule has 0 spiro atoms. The van der Waals surface area contributed by atoms with E-state index in [0.29, 0.717) is 17.8 Å². The Hall–Kier alpha value is -1.33. The molecule has 1 aliphatic carbocycles. The van der Waals surface area contributed by atoms with E-state index in [1.54, 1.807) is 0 Å². The van der Waals surface area contributed by atoms with Crippen LogP contribution in [0.5, 0.6) is 0 Å². The van der Waals surface area contributed by atoms with E-state index in [9.17, 15) is 0 Å². The molecule has 5 heteroatoms. The Balaban J connectivity index is 1.78. The van der Waals surface area contributed by atoms with Crippen molar-refractivity contribution in [1.29, 1.82) is 0 Å². The Morgan fingerprint density at radius 2 is 2.10 bits per heavy atom. The zero-order valence-electron chi connectivity index (χ0n) is 12.5. The van der Waals surface area contributed by atoms with Crippen molar-refractivity contribution in [3.63, 3.8) is 0 Å². The van der Waals surface area contributed by atoms with Crippen molar-refractivity contribution in [2.24, 2.45) is 0 Å². The molecule has 1 aromatic heterocycles. The van der Waals surface area contributed by atoms with Crippen LogP contribution in [-0.2, 0) is 0 Å². The number of nitrogens with one attached hydrogen (secondary N) is 1. The fourth-order valence-electron chi connectivity index (χ4n) is 2.97. The lowest BCUT2D eigenvalue weighted by molar-refractivity contribution is 0.335. The Bertz CT molecular complexity index is 581. The van der Waals surface area contributed by atoms with Crippen LogP contribution in [0.25, 0.3) is 11.4 Å². The molecule has 0 aliphatic heterocycles. The summed E-state index contributed by atoms with van der Waals surface area (Å²) in [6.07, 6.45) is 3.53. The molecule has 2 unspecified atom stereocenters. The van der Waals surface area contributed by atoms with Gasteiger partial charge < -0.3 is 9.84 Å². The summed E-state index contributed by atoms with van der Waals surface area (Å²) in [5.74, 6) is 2.90. The molecule has 0 saturated heterocycles. The minimum atomic E-state index is 0.353. The van der Waals surface area contributed by atoms with Crippen molar-refractivity contribution < 1.29 is 4.52 Å². The maximum Gasteiger partial charge on any atom is 0.231 e. The molecule has 21 heavy (non-hydrogen) atoms. The summed E-state index contributed by atoms with van der Waals surface area (Å²) >= 11 is 1.84. The predicted molar refractivity (Wildman–Crippen MR) is 85.6 cm³/mol. The molecule has 3 rings (SSSR count). The number of benzene rings is 1. The summed E-state index contributed by atoms with van der Waals surface area (Å²) in [6.45, 7) is 2.16. The van der Waals surface area contributed by atoms with E-state index in [-0.39, 0.29) is 0 Å². The Morgan fingerprint density at radius 1 is 1.29 bits per heavy atom. The highest BCUT2D eigenvalue weighted by atomic mass is 32.2. The lowest BCUT2D eigenvalue weighted by atomic mass is 10.0. The average molecular weight is 303 g/mol. The lowest BCUT2D eigenvalue weighted by Crippen LogP contribution is -2.27. The summed E-state index contributed by atoms with van der Waals surface area (Å²) in [5.41, 5.74) is 1.02.